The number of hydrogen-bond donors (Lipinski definition) is 1. The predicted octanol–water partition coefficient (Wildman–Crippen LogP) is 3.04. The second-order valence-corrected chi connectivity index (χ2v) is 3.47. The standard InChI is InChI=1S/C13H16O3/c1-3-4-5-8-16-11-7-6-10(2)12(9-11)13(14)15/h4-7,9H,3,8H2,1-2H3,(H,14,15)/b5-4-. The Hall–Kier alpha value is -1.77. The number of carboxylic acid groups (broad SMARTS) is 1. The molecule has 0 unspecified atom stereocenters. The Balaban J connectivity index is 2.71. The van der Waals surface area contributed by atoms with Crippen LogP contribution < -0.4 is 4.74 Å². The third kappa shape index (κ3) is 3.42. The molecule has 0 aliphatic heterocycles. The zero-order valence-corrected chi connectivity index (χ0v) is 9.56. The summed E-state index contributed by atoms with van der Waals surface area (Å²) < 4.78 is 5.40. The maximum atomic E-state index is 10.9. The number of carboxylic acids is 1. The second kappa shape index (κ2) is 5.95. The van der Waals surface area contributed by atoms with E-state index in [0.29, 0.717) is 12.4 Å². The van der Waals surface area contributed by atoms with Crippen LogP contribution in [0.3, 0.4) is 0 Å². The highest BCUT2D eigenvalue weighted by atomic mass is 16.5. The molecule has 0 atom stereocenters. The molecule has 0 saturated heterocycles. The van der Waals surface area contributed by atoms with Crippen molar-refractivity contribution in [2.45, 2.75) is 20.3 Å². The van der Waals surface area contributed by atoms with Gasteiger partial charge in [-0.1, -0.05) is 25.1 Å². The van der Waals surface area contributed by atoms with Gasteiger partial charge in [0, 0.05) is 0 Å². The highest BCUT2D eigenvalue weighted by Crippen LogP contribution is 2.17. The summed E-state index contributed by atoms with van der Waals surface area (Å²) in [6.45, 7) is 4.28. The number of ether oxygens (including phenoxy) is 1. The summed E-state index contributed by atoms with van der Waals surface area (Å²) in [5.74, 6) is -0.337. The molecule has 1 rings (SSSR count). The molecule has 3 heteroatoms. The smallest absolute Gasteiger partial charge is 0.336 e. The molecular formula is C13H16O3. The fourth-order valence-electron chi connectivity index (χ4n) is 1.30. The molecule has 86 valence electrons. The van der Waals surface area contributed by atoms with Crippen LogP contribution in [-0.2, 0) is 0 Å². The van der Waals surface area contributed by atoms with E-state index >= 15 is 0 Å². The molecular weight excluding hydrogens is 204 g/mol. The summed E-state index contributed by atoms with van der Waals surface area (Å²) >= 11 is 0. The SMILES string of the molecule is CC/C=C\COc1ccc(C)c(C(=O)O)c1. The van der Waals surface area contributed by atoms with Gasteiger partial charge in [-0.2, -0.15) is 0 Å². The average molecular weight is 220 g/mol. The fraction of sp³-hybridized carbons (Fsp3) is 0.308. The molecule has 1 N–H and O–H groups in total. The number of hydrogen-bond acceptors (Lipinski definition) is 2. The van der Waals surface area contributed by atoms with Gasteiger partial charge in [0.15, 0.2) is 0 Å². The topological polar surface area (TPSA) is 46.5 Å². The maximum absolute atomic E-state index is 10.9. The van der Waals surface area contributed by atoms with Crippen LogP contribution in [0.25, 0.3) is 0 Å². The summed E-state index contributed by atoms with van der Waals surface area (Å²) in [5, 5.41) is 8.93. The molecule has 0 aliphatic rings. The lowest BCUT2D eigenvalue weighted by Crippen LogP contribution is -2.01. The monoisotopic (exact) mass is 220 g/mol. The van der Waals surface area contributed by atoms with Crippen LogP contribution in [-0.4, -0.2) is 17.7 Å². The maximum Gasteiger partial charge on any atom is 0.336 e. The van der Waals surface area contributed by atoms with Gasteiger partial charge < -0.3 is 9.84 Å². The van der Waals surface area contributed by atoms with Crippen molar-refractivity contribution in [3.8, 4) is 5.75 Å². The van der Waals surface area contributed by atoms with Gasteiger partial charge in [0.1, 0.15) is 12.4 Å². The first-order valence-electron chi connectivity index (χ1n) is 5.27. The highest BCUT2D eigenvalue weighted by Gasteiger charge is 2.07. The molecule has 0 bridgehead atoms. The number of aryl methyl sites for hydroxylation is 1. The zero-order chi connectivity index (χ0) is 12.0. The number of allylic oxidation sites excluding steroid dienone is 1. The largest absolute Gasteiger partial charge is 0.490 e. The van der Waals surface area contributed by atoms with Crippen molar-refractivity contribution in [2.24, 2.45) is 0 Å². The van der Waals surface area contributed by atoms with E-state index in [-0.39, 0.29) is 5.56 Å². The average Bonchev–Trinajstić information content (AvgIpc) is 2.26. The summed E-state index contributed by atoms with van der Waals surface area (Å²) in [5.41, 5.74) is 1.03. The van der Waals surface area contributed by atoms with E-state index in [1.807, 2.05) is 19.1 Å². The van der Waals surface area contributed by atoms with Gasteiger partial charge in [-0.15, -0.1) is 0 Å². The van der Waals surface area contributed by atoms with Crippen molar-refractivity contribution < 1.29 is 14.6 Å². The predicted molar refractivity (Wildman–Crippen MR) is 63.1 cm³/mol. The Labute approximate surface area is 95.4 Å². The van der Waals surface area contributed by atoms with E-state index in [1.165, 1.54) is 0 Å². The van der Waals surface area contributed by atoms with Crippen LogP contribution in [0, 0.1) is 6.92 Å². The van der Waals surface area contributed by atoms with E-state index in [0.717, 1.165) is 12.0 Å². The van der Waals surface area contributed by atoms with E-state index in [9.17, 15) is 4.79 Å². The van der Waals surface area contributed by atoms with E-state index in [1.54, 1.807) is 25.1 Å². The van der Waals surface area contributed by atoms with Crippen LogP contribution in [0.2, 0.25) is 0 Å². The quantitative estimate of drug-likeness (QED) is 0.776. The van der Waals surface area contributed by atoms with Gasteiger partial charge in [-0.3, -0.25) is 0 Å². The van der Waals surface area contributed by atoms with Gasteiger partial charge in [-0.25, -0.2) is 4.79 Å². The van der Waals surface area contributed by atoms with E-state index < -0.39 is 5.97 Å². The molecule has 0 amide bonds. The molecule has 0 heterocycles. The number of aromatic carboxylic acids is 1. The van der Waals surface area contributed by atoms with E-state index in [2.05, 4.69) is 0 Å². The normalized spacial score (nSPS) is 10.6. The fourth-order valence-corrected chi connectivity index (χ4v) is 1.30. The van der Waals surface area contributed by atoms with E-state index in [4.69, 9.17) is 9.84 Å². The van der Waals surface area contributed by atoms with Gasteiger partial charge in [0.2, 0.25) is 0 Å². The van der Waals surface area contributed by atoms with Gasteiger partial charge in [0.25, 0.3) is 0 Å². The molecule has 0 fully saturated rings. The Morgan fingerprint density at radius 3 is 2.81 bits per heavy atom. The van der Waals surface area contributed by atoms with Crippen LogP contribution >= 0.6 is 0 Å². The molecule has 0 spiro atoms. The molecule has 3 nitrogen and oxygen atoms in total. The third-order valence-corrected chi connectivity index (χ3v) is 2.19. The molecule has 0 saturated carbocycles. The molecule has 0 radical (unpaired) electrons. The summed E-state index contributed by atoms with van der Waals surface area (Å²) in [6.07, 6.45) is 4.89. The van der Waals surface area contributed by atoms with Crippen molar-refractivity contribution in [2.75, 3.05) is 6.61 Å². The van der Waals surface area contributed by atoms with Crippen molar-refractivity contribution in [3.05, 3.63) is 41.5 Å². The first-order chi connectivity index (χ1) is 7.65. The minimum atomic E-state index is -0.924. The summed E-state index contributed by atoms with van der Waals surface area (Å²) in [6, 6.07) is 5.08. The van der Waals surface area contributed by atoms with Gasteiger partial charge >= 0.3 is 5.97 Å². The Morgan fingerprint density at radius 2 is 2.19 bits per heavy atom. The third-order valence-electron chi connectivity index (χ3n) is 2.19. The minimum absolute atomic E-state index is 0.289. The van der Waals surface area contributed by atoms with Crippen molar-refractivity contribution in [3.63, 3.8) is 0 Å². The summed E-state index contributed by atoms with van der Waals surface area (Å²) in [4.78, 5) is 10.9. The molecule has 1 aromatic rings. The molecule has 1 aromatic carbocycles. The highest BCUT2D eigenvalue weighted by molar-refractivity contribution is 5.89. The second-order valence-electron chi connectivity index (χ2n) is 3.47. The first-order valence-corrected chi connectivity index (χ1v) is 5.27. The number of rotatable bonds is 5. The van der Waals surface area contributed by atoms with Crippen molar-refractivity contribution in [1.29, 1.82) is 0 Å². The van der Waals surface area contributed by atoms with Gasteiger partial charge in [-0.05, 0) is 31.0 Å². The molecule has 0 aliphatic carbocycles. The Bertz CT molecular complexity index is 394. The number of carbonyl (C=O) groups is 1. The molecule has 16 heavy (non-hydrogen) atoms. The van der Waals surface area contributed by atoms with Crippen LogP contribution in [0.1, 0.15) is 29.3 Å². The lowest BCUT2D eigenvalue weighted by atomic mass is 10.1. The molecule has 0 aromatic heterocycles. The Morgan fingerprint density at radius 1 is 1.44 bits per heavy atom. The van der Waals surface area contributed by atoms with Crippen LogP contribution in [0.5, 0.6) is 5.75 Å². The number of benzene rings is 1. The lowest BCUT2D eigenvalue weighted by molar-refractivity contribution is 0.0695. The van der Waals surface area contributed by atoms with Gasteiger partial charge in [0.05, 0.1) is 5.56 Å². The Kier molecular flexibility index (Phi) is 4.58. The van der Waals surface area contributed by atoms with Crippen LogP contribution in [0.4, 0.5) is 0 Å². The first kappa shape index (κ1) is 12.3. The summed E-state index contributed by atoms with van der Waals surface area (Å²) in [7, 11) is 0. The minimum Gasteiger partial charge on any atom is -0.490 e. The lowest BCUT2D eigenvalue weighted by Gasteiger charge is -2.06. The van der Waals surface area contributed by atoms with Crippen LogP contribution in [0.15, 0.2) is 30.4 Å². The van der Waals surface area contributed by atoms with Crippen molar-refractivity contribution >= 4 is 5.97 Å². The zero-order valence-electron chi connectivity index (χ0n) is 9.56. The van der Waals surface area contributed by atoms with Crippen molar-refractivity contribution in [1.82, 2.24) is 0 Å².